The molecule has 0 saturated carbocycles. The topological polar surface area (TPSA) is 163 Å². The average Bonchev–Trinajstić information content (AvgIpc) is 3.55. The van der Waals surface area contributed by atoms with E-state index < -0.39 is 35.3 Å². The maximum Gasteiger partial charge on any atom is 0.264 e. The Bertz CT molecular complexity index is 1950. The molecule has 5 amide bonds. The van der Waals surface area contributed by atoms with Gasteiger partial charge in [-0.25, -0.2) is 0 Å². The van der Waals surface area contributed by atoms with E-state index in [0.717, 1.165) is 32.3 Å². The minimum absolute atomic E-state index is 0.0338. The summed E-state index contributed by atoms with van der Waals surface area (Å²) in [5.41, 5.74) is 2.98. The minimum Gasteiger partial charge on any atom is -0.381 e. The SMILES string of the molecule is CC(C)(CNC(=O)CCc1ccc2c(c1)[nH]c1ccncc12)COC(C)(C)CNc1cccc2c1C(=O)N(C1CCC(=O)NC1=O)C2=O. The van der Waals surface area contributed by atoms with Crippen LogP contribution in [0.15, 0.2) is 54.9 Å². The average molecular weight is 653 g/mol. The predicted molar refractivity (Wildman–Crippen MR) is 180 cm³/mol. The fraction of sp³-hybridized carbons (Fsp3) is 0.389. The van der Waals surface area contributed by atoms with Gasteiger partial charge in [-0.05, 0) is 56.5 Å². The number of aromatic nitrogens is 2. The lowest BCUT2D eigenvalue weighted by atomic mass is 9.94. The van der Waals surface area contributed by atoms with E-state index in [4.69, 9.17) is 4.74 Å². The molecule has 12 nitrogen and oxygen atoms in total. The Balaban J connectivity index is 0.986. The summed E-state index contributed by atoms with van der Waals surface area (Å²) in [6.07, 6.45) is 4.75. The first-order valence-electron chi connectivity index (χ1n) is 16.2. The van der Waals surface area contributed by atoms with Gasteiger partial charge in [0.15, 0.2) is 0 Å². The number of nitrogens with zero attached hydrogens (tertiary/aromatic N) is 2. The molecule has 1 atom stereocenters. The van der Waals surface area contributed by atoms with Crippen molar-refractivity contribution in [1.82, 2.24) is 25.5 Å². The fourth-order valence-electron chi connectivity index (χ4n) is 6.10. The highest BCUT2D eigenvalue weighted by Crippen LogP contribution is 2.33. The Morgan fingerprint density at radius 2 is 1.81 bits per heavy atom. The number of fused-ring (bicyclic) bond motifs is 4. The number of rotatable bonds is 12. The van der Waals surface area contributed by atoms with E-state index in [0.29, 0.717) is 38.2 Å². The zero-order valence-electron chi connectivity index (χ0n) is 27.6. The highest BCUT2D eigenvalue weighted by atomic mass is 16.5. The molecule has 0 bridgehead atoms. The number of hydrogen-bond donors (Lipinski definition) is 4. The third-order valence-electron chi connectivity index (χ3n) is 8.90. The Hall–Kier alpha value is -5.10. The van der Waals surface area contributed by atoms with E-state index >= 15 is 0 Å². The summed E-state index contributed by atoms with van der Waals surface area (Å²) in [6.45, 7) is 9.00. The number of aryl methyl sites for hydroxylation is 1. The maximum absolute atomic E-state index is 13.4. The first-order chi connectivity index (χ1) is 22.8. The van der Waals surface area contributed by atoms with Crippen LogP contribution in [0.3, 0.4) is 0 Å². The quantitative estimate of drug-likeness (QED) is 0.166. The summed E-state index contributed by atoms with van der Waals surface area (Å²) in [7, 11) is 0. The second-order valence-corrected chi connectivity index (χ2v) is 13.9. The van der Waals surface area contributed by atoms with Crippen molar-refractivity contribution in [3.05, 3.63) is 71.5 Å². The second kappa shape index (κ2) is 12.8. The molecular formula is C36H40N6O6. The van der Waals surface area contributed by atoms with Crippen LogP contribution < -0.4 is 16.0 Å². The molecule has 2 aliphatic rings. The first kappa shape index (κ1) is 32.8. The number of anilines is 1. The first-order valence-corrected chi connectivity index (χ1v) is 16.2. The van der Waals surface area contributed by atoms with Crippen LogP contribution in [-0.4, -0.2) is 75.7 Å². The zero-order chi connectivity index (χ0) is 34.2. The number of amides is 5. The van der Waals surface area contributed by atoms with Gasteiger partial charge in [-0.1, -0.05) is 32.0 Å². The fourth-order valence-corrected chi connectivity index (χ4v) is 6.10. The van der Waals surface area contributed by atoms with Crippen molar-refractivity contribution in [2.75, 3.05) is 25.0 Å². The van der Waals surface area contributed by atoms with Crippen molar-refractivity contribution in [3.8, 4) is 0 Å². The van der Waals surface area contributed by atoms with Crippen LogP contribution in [0.5, 0.6) is 0 Å². The van der Waals surface area contributed by atoms with Crippen molar-refractivity contribution in [3.63, 3.8) is 0 Å². The maximum atomic E-state index is 13.4. The molecule has 2 aromatic heterocycles. The van der Waals surface area contributed by atoms with E-state index in [9.17, 15) is 24.0 Å². The van der Waals surface area contributed by atoms with Crippen molar-refractivity contribution < 1.29 is 28.7 Å². The molecule has 1 unspecified atom stereocenters. The lowest BCUT2D eigenvalue weighted by molar-refractivity contribution is -0.136. The normalized spacial score (nSPS) is 16.8. The summed E-state index contributed by atoms with van der Waals surface area (Å²) in [6, 6.07) is 12.1. The molecule has 0 spiro atoms. The number of hydrogen-bond acceptors (Lipinski definition) is 8. The number of H-pyrrole nitrogens is 1. The van der Waals surface area contributed by atoms with Crippen LogP contribution in [0.25, 0.3) is 21.8 Å². The molecule has 2 aliphatic heterocycles. The van der Waals surface area contributed by atoms with Crippen LogP contribution in [0.1, 0.15) is 73.2 Å². The van der Waals surface area contributed by atoms with Gasteiger partial charge in [-0.15, -0.1) is 0 Å². The summed E-state index contributed by atoms with van der Waals surface area (Å²) >= 11 is 0. The highest BCUT2D eigenvalue weighted by molar-refractivity contribution is 6.25. The van der Waals surface area contributed by atoms with Gasteiger partial charge in [0, 0.05) is 71.2 Å². The monoisotopic (exact) mass is 652 g/mol. The minimum atomic E-state index is -1.03. The van der Waals surface area contributed by atoms with Crippen molar-refractivity contribution in [1.29, 1.82) is 0 Å². The third kappa shape index (κ3) is 6.79. The smallest absolute Gasteiger partial charge is 0.264 e. The van der Waals surface area contributed by atoms with Gasteiger partial charge in [0.2, 0.25) is 17.7 Å². The Morgan fingerprint density at radius 1 is 1.00 bits per heavy atom. The summed E-state index contributed by atoms with van der Waals surface area (Å²) in [5, 5.41) is 10.7. The summed E-state index contributed by atoms with van der Waals surface area (Å²) in [4.78, 5) is 71.9. The van der Waals surface area contributed by atoms with Gasteiger partial charge in [-0.3, -0.25) is 39.2 Å². The lowest BCUT2D eigenvalue weighted by Crippen LogP contribution is -2.54. The predicted octanol–water partition coefficient (Wildman–Crippen LogP) is 4.10. The largest absolute Gasteiger partial charge is 0.381 e. The van der Waals surface area contributed by atoms with E-state index in [-0.39, 0.29) is 35.3 Å². The van der Waals surface area contributed by atoms with Gasteiger partial charge in [0.25, 0.3) is 11.8 Å². The molecule has 4 N–H and O–H groups in total. The summed E-state index contributed by atoms with van der Waals surface area (Å²) in [5.74, 6) is -2.23. The van der Waals surface area contributed by atoms with Crippen LogP contribution in [0.4, 0.5) is 5.69 Å². The van der Waals surface area contributed by atoms with Crippen LogP contribution >= 0.6 is 0 Å². The number of imide groups is 2. The molecule has 4 heterocycles. The van der Waals surface area contributed by atoms with Crippen LogP contribution in [0, 0.1) is 5.41 Å². The van der Waals surface area contributed by atoms with E-state index in [1.165, 1.54) is 0 Å². The second-order valence-electron chi connectivity index (χ2n) is 13.9. The van der Waals surface area contributed by atoms with Gasteiger partial charge in [-0.2, -0.15) is 0 Å². The number of pyridine rings is 1. The number of nitrogens with one attached hydrogen (secondary N) is 4. The Labute approximate surface area is 278 Å². The van der Waals surface area contributed by atoms with Gasteiger partial charge < -0.3 is 20.4 Å². The van der Waals surface area contributed by atoms with Gasteiger partial charge in [0.1, 0.15) is 6.04 Å². The Morgan fingerprint density at radius 3 is 2.60 bits per heavy atom. The molecule has 4 aromatic rings. The third-order valence-corrected chi connectivity index (χ3v) is 8.90. The molecule has 1 saturated heterocycles. The molecule has 0 aliphatic carbocycles. The van der Waals surface area contributed by atoms with E-state index in [2.05, 4.69) is 44.1 Å². The Kier molecular flexibility index (Phi) is 8.78. The molecule has 12 heteroatoms. The molecule has 0 radical (unpaired) electrons. The van der Waals surface area contributed by atoms with Crippen molar-refractivity contribution in [2.45, 2.75) is 65.0 Å². The molecule has 48 heavy (non-hydrogen) atoms. The van der Waals surface area contributed by atoms with E-state index in [1.807, 2.05) is 40.0 Å². The van der Waals surface area contributed by atoms with Crippen LogP contribution in [-0.2, 0) is 25.5 Å². The van der Waals surface area contributed by atoms with Gasteiger partial charge >= 0.3 is 0 Å². The molecule has 1 fully saturated rings. The van der Waals surface area contributed by atoms with Crippen LogP contribution in [0.2, 0.25) is 0 Å². The molecule has 2 aromatic carbocycles. The number of carbonyl (C=O) groups excluding carboxylic acids is 5. The number of benzene rings is 2. The zero-order valence-corrected chi connectivity index (χ0v) is 27.6. The highest BCUT2D eigenvalue weighted by Gasteiger charge is 2.45. The number of aromatic amines is 1. The van der Waals surface area contributed by atoms with E-state index in [1.54, 1.807) is 24.4 Å². The van der Waals surface area contributed by atoms with Crippen molar-refractivity contribution >= 4 is 57.0 Å². The molecule has 250 valence electrons. The van der Waals surface area contributed by atoms with Gasteiger partial charge in [0.05, 0.1) is 23.3 Å². The summed E-state index contributed by atoms with van der Waals surface area (Å²) < 4.78 is 6.28. The molecular weight excluding hydrogens is 612 g/mol. The van der Waals surface area contributed by atoms with Crippen molar-refractivity contribution in [2.24, 2.45) is 5.41 Å². The molecule has 6 rings (SSSR count). The standard InChI is InChI=1S/C36H40N6O6/c1-35(2,18-39-29(43)12-9-21-8-10-22-24-17-37-15-14-25(24)40-27(22)16-21)20-48-36(3,4)19-38-26-7-5-6-23-31(26)34(47)42(33(23)46)28-11-13-30(44)41-32(28)45/h5-8,10,14-17,28,38,40H,9,11-13,18-20H2,1-4H3,(H,39,43)(H,41,44,45). The number of carbonyl (C=O) groups is 5. The number of ether oxygens (including phenoxy) is 1. The number of piperidine rings is 1. The lowest BCUT2D eigenvalue weighted by Gasteiger charge is -2.32.